The Morgan fingerprint density at radius 2 is 1.72 bits per heavy atom. The number of rotatable bonds is 9. The van der Waals surface area contributed by atoms with Gasteiger partial charge in [-0.15, -0.1) is 0 Å². The van der Waals surface area contributed by atoms with Crippen molar-refractivity contribution in [3.05, 3.63) is 11.6 Å². The molecule has 0 N–H and O–H groups in total. The molecule has 18 heavy (non-hydrogen) atoms. The highest BCUT2D eigenvalue weighted by molar-refractivity contribution is 5.82. The van der Waals surface area contributed by atoms with Crippen molar-refractivity contribution in [1.29, 1.82) is 0 Å². The first-order valence-corrected chi connectivity index (χ1v) is 7.20. The zero-order valence-electron chi connectivity index (χ0n) is 12.8. The van der Waals surface area contributed by atoms with Crippen LogP contribution in [0.1, 0.15) is 66.2 Å². The molecule has 0 radical (unpaired) electrons. The lowest BCUT2D eigenvalue weighted by Crippen LogP contribution is -1.98. The predicted molar refractivity (Wildman–Crippen MR) is 77.5 cm³/mol. The van der Waals surface area contributed by atoms with Gasteiger partial charge in [-0.3, -0.25) is 0 Å². The fourth-order valence-electron chi connectivity index (χ4n) is 2.08. The lowest BCUT2D eigenvalue weighted by atomic mass is 9.94. The van der Waals surface area contributed by atoms with Gasteiger partial charge in [-0.25, -0.2) is 4.79 Å². The smallest absolute Gasteiger partial charge is 0.330 e. The van der Waals surface area contributed by atoms with Crippen molar-refractivity contribution in [2.75, 3.05) is 7.11 Å². The molecule has 0 fully saturated rings. The largest absolute Gasteiger partial charge is 0.466 e. The molecule has 0 heterocycles. The monoisotopic (exact) mass is 254 g/mol. The molecule has 0 aliphatic heterocycles. The molecule has 0 aliphatic carbocycles. The van der Waals surface area contributed by atoms with Gasteiger partial charge in [0.1, 0.15) is 0 Å². The predicted octanol–water partition coefficient (Wildman–Crippen LogP) is 4.74. The highest BCUT2D eigenvalue weighted by atomic mass is 16.5. The molecule has 0 aromatic rings. The molecule has 0 bridgehead atoms. The second-order valence-corrected chi connectivity index (χ2v) is 5.84. The molecule has 106 valence electrons. The van der Waals surface area contributed by atoms with E-state index >= 15 is 0 Å². The van der Waals surface area contributed by atoms with Crippen molar-refractivity contribution in [2.24, 2.45) is 11.8 Å². The normalized spacial score (nSPS) is 13.8. The van der Waals surface area contributed by atoms with E-state index in [9.17, 15) is 4.79 Å². The maximum atomic E-state index is 11.0. The van der Waals surface area contributed by atoms with E-state index in [2.05, 4.69) is 25.5 Å². The number of carbonyl (C=O) groups excluding carboxylic acids is 1. The van der Waals surface area contributed by atoms with Gasteiger partial charge in [0, 0.05) is 6.08 Å². The number of hydrogen-bond donors (Lipinski definition) is 0. The number of hydrogen-bond acceptors (Lipinski definition) is 2. The van der Waals surface area contributed by atoms with E-state index in [4.69, 9.17) is 0 Å². The van der Waals surface area contributed by atoms with Gasteiger partial charge >= 0.3 is 5.97 Å². The lowest BCUT2D eigenvalue weighted by molar-refractivity contribution is -0.134. The van der Waals surface area contributed by atoms with Crippen LogP contribution in [0.2, 0.25) is 0 Å². The summed E-state index contributed by atoms with van der Waals surface area (Å²) in [6.07, 6.45) is 9.04. The number of ether oxygens (including phenoxy) is 1. The highest BCUT2D eigenvalue weighted by Crippen LogP contribution is 2.18. The van der Waals surface area contributed by atoms with Crippen LogP contribution in [0.4, 0.5) is 0 Å². The first-order chi connectivity index (χ1) is 8.45. The van der Waals surface area contributed by atoms with E-state index in [0.29, 0.717) is 0 Å². The highest BCUT2D eigenvalue weighted by Gasteiger charge is 2.04. The van der Waals surface area contributed by atoms with Crippen molar-refractivity contribution >= 4 is 5.97 Å². The second kappa shape index (κ2) is 10.2. The van der Waals surface area contributed by atoms with Gasteiger partial charge in [0.05, 0.1) is 7.11 Å². The Bertz CT molecular complexity index is 254. The maximum absolute atomic E-state index is 11.0. The minimum atomic E-state index is -0.238. The van der Waals surface area contributed by atoms with Crippen molar-refractivity contribution in [3.8, 4) is 0 Å². The van der Waals surface area contributed by atoms with Crippen LogP contribution >= 0.6 is 0 Å². The number of methoxy groups -OCH3 is 1. The second-order valence-electron chi connectivity index (χ2n) is 5.84. The van der Waals surface area contributed by atoms with Crippen LogP contribution in [-0.4, -0.2) is 13.1 Å². The van der Waals surface area contributed by atoms with Crippen LogP contribution in [-0.2, 0) is 9.53 Å². The van der Waals surface area contributed by atoms with Gasteiger partial charge < -0.3 is 4.74 Å². The molecular formula is C16H30O2. The molecule has 0 saturated carbocycles. The number of allylic oxidation sites excluding steroid dienone is 1. The van der Waals surface area contributed by atoms with Crippen LogP contribution in [0.25, 0.3) is 0 Å². The molecule has 0 aromatic carbocycles. The summed E-state index contributed by atoms with van der Waals surface area (Å²) in [5, 5.41) is 0. The quantitative estimate of drug-likeness (QED) is 0.439. The van der Waals surface area contributed by atoms with Crippen LogP contribution < -0.4 is 0 Å². The molecule has 1 atom stereocenters. The van der Waals surface area contributed by atoms with Gasteiger partial charge in [0.15, 0.2) is 0 Å². The summed E-state index contributed by atoms with van der Waals surface area (Å²) in [6.45, 7) is 8.90. The summed E-state index contributed by atoms with van der Waals surface area (Å²) >= 11 is 0. The summed E-state index contributed by atoms with van der Waals surface area (Å²) in [4.78, 5) is 11.0. The number of esters is 1. The minimum absolute atomic E-state index is 0.238. The Morgan fingerprint density at radius 3 is 2.28 bits per heavy atom. The Labute approximate surface area is 113 Å². The zero-order valence-corrected chi connectivity index (χ0v) is 12.8. The van der Waals surface area contributed by atoms with Gasteiger partial charge in [0.2, 0.25) is 0 Å². The van der Waals surface area contributed by atoms with Crippen LogP contribution in [0.3, 0.4) is 0 Å². The summed E-state index contributed by atoms with van der Waals surface area (Å²) in [6, 6.07) is 0. The maximum Gasteiger partial charge on any atom is 0.330 e. The molecule has 1 unspecified atom stereocenters. The van der Waals surface area contributed by atoms with Crippen molar-refractivity contribution < 1.29 is 9.53 Å². The van der Waals surface area contributed by atoms with Crippen LogP contribution in [0, 0.1) is 11.8 Å². The summed E-state index contributed by atoms with van der Waals surface area (Å²) < 4.78 is 4.61. The lowest BCUT2D eigenvalue weighted by Gasteiger charge is -2.12. The fraction of sp³-hybridized carbons (Fsp3) is 0.812. The average Bonchev–Trinajstić information content (AvgIpc) is 2.28. The minimum Gasteiger partial charge on any atom is -0.466 e. The van der Waals surface area contributed by atoms with Crippen molar-refractivity contribution in [3.63, 3.8) is 0 Å². The molecule has 0 rings (SSSR count). The van der Waals surface area contributed by atoms with E-state index in [-0.39, 0.29) is 5.97 Å². The van der Waals surface area contributed by atoms with E-state index in [1.54, 1.807) is 6.08 Å². The summed E-state index contributed by atoms with van der Waals surface area (Å²) in [5.74, 6) is 1.38. The van der Waals surface area contributed by atoms with Gasteiger partial charge in [0.25, 0.3) is 0 Å². The van der Waals surface area contributed by atoms with Gasteiger partial charge in [-0.2, -0.15) is 0 Å². The van der Waals surface area contributed by atoms with Crippen molar-refractivity contribution in [2.45, 2.75) is 66.2 Å². The first kappa shape index (κ1) is 17.2. The van der Waals surface area contributed by atoms with E-state index in [1.807, 2.05) is 6.92 Å². The Balaban J connectivity index is 3.64. The van der Waals surface area contributed by atoms with Gasteiger partial charge in [-0.05, 0) is 31.6 Å². The average molecular weight is 254 g/mol. The standard InChI is InChI=1S/C16H30O2/c1-13(2)8-6-9-14(3)10-7-11-15(4)12-16(17)18-5/h12-14H,6-11H2,1-5H3. The molecule has 2 heteroatoms. The summed E-state index contributed by atoms with van der Waals surface area (Å²) in [7, 11) is 1.42. The SMILES string of the molecule is COC(=O)C=C(C)CCCC(C)CCCC(C)C. The van der Waals surface area contributed by atoms with Crippen molar-refractivity contribution in [1.82, 2.24) is 0 Å². The topological polar surface area (TPSA) is 26.3 Å². The third-order valence-corrected chi connectivity index (χ3v) is 3.31. The van der Waals surface area contributed by atoms with Crippen LogP contribution in [0.15, 0.2) is 11.6 Å². The Hall–Kier alpha value is -0.790. The Morgan fingerprint density at radius 1 is 1.11 bits per heavy atom. The molecule has 0 amide bonds. The summed E-state index contributed by atoms with van der Waals surface area (Å²) in [5.41, 5.74) is 1.12. The molecule has 0 saturated heterocycles. The molecule has 0 aromatic heterocycles. The fourth-order valence-corrected chi connectivity index (χ4v) is 2.08. The zero-order chi connectivity index (χ0) is 14.0. The third-order valence-electron chi connectivity index (χ3n) is 3.31. The third kappa shape index (κ3) is 10.4. The van der Waals surface area contributed by atoms with E-state index in [0.717, 1.165) is 23.8 Å². The van der Waals surface area contributed by atoms with E-state index < -0.39 is 0 Å². The van der Waals surface area contributed by atoms with E-state index in [1.165, 1.54) is 39.2 Å². The van der Waals surface area contributed by atoms with Gasteiger partial charge in [-0.1, -0.05) is 52.0 Å². The first-order valence-electron chi connectivity index (χ1n) is 7.20. The number of carbonyl (C=O) groups is 1. The molecule has 2 nitrogen and oxygen atoms in total. The van der Waals surface area contributed by atoms with Crippen LogP contribution in [0.5, 0.6) is 0 Å². The molecular weight excluding hydrogens is 224 g/mol. The molecule has 0 aliphatic rings. The molecule has 0 spiro atoms. The Kier molecular flexibility index (Phi) is 9.72.